The highest BCUT2D eigenvalue weighted by Crippen LogP contribution is 2.25. The second-order valence-corrected chi connectivity index (χ2v) is 7.91. The molecule has 0 saturated carbocycles. The summed E-state index contributed by atoms with van der Waals surface area (Å²) in [6.07, 6.45) is 0. The lowest BCUT2D eigenvalue weighted by molar-refractivity contribution is -0.141. The number of Topliss-reactive ketones (excluding diaryl/α,β-unsaturated/α-hetero) is 1. The fourth-order valence-corrected chi connectivity index (χ4v) is 3.44. The van der Waals surface area contributed by atoms with Crippen LogP contribution in [0.25, 0.3) is 0 Å². The van der Waals surface area contributed by atoms with Gasteiger partial charge in [0.25, 0.3) is 0 Å². The lowest BCUT2D eigenvalue weighted by Crippen LogP contribution is -2.52. The minimum absolute atomic E-state index is 0.0536. The van der Waals surface area contributed by atoms with Crippen LogP contribution >= 0.6 is 0 Å². The Bertz CT molecular complexity index is 780. The molecule has 136 valence electrons. The van der Waals surface area contributed by atoms with E-state index in [1.807, 2.05) is 0 Å². The molecular formula is C17H20O7S. The Morgan fingerprint density at radius 2 is 1.72 bits per heavy atom. The van der Waals surface area contributed by atoms with Crippen LogP contribution < -0.4 is 0 Å². The van der Waals surface area contributed by atoms with Crippen molar-refractivity contribution in [1.82, 2.24) is 0 Å². The Kier molecular flexibility index (Phi) is 6.63. The second-order valence-electron chi connectivity index (χ2n) is 5.46. The maximum Gasteiger partial charge on any atom is 0.335 e. The smallest absolute Gasteiger partial charge is 0.335 e. The topological polar surface area (TPSA) is 104 Å². The number of benzene rings is 1. The van der Waals surface area contributed by atoms with E-state index in [1.165, 1.54) is 19.1 Å². The zero-order valence-corrected chi connectivity index (χ0v) is 15.1. The monoisotopic (exact) mass is 368 g/mol. The van der Waals surface area contributed by atoms with E-state index in [0.29, 0.717) is 0 Å². The summed E-state index contributed by atoms with van der Waals surface area (Å²) in [6.45, 7) is 5.27. The predicted octanol–water partition coefficient (Wildman–Crippen LogP) is 1.34. The minimum atomic E-state index is -4.33. The maximum atomic E-state index is 12.7. The van der Waals surface area contributed by atoms with Gasteiger partial charge in [-0.25, -0.2) is 18.0 Å². The van der Waals surface area contributed by atoms with Gasteiger partial charge in [-0.1, -0.05) is 36.9 Å². The number of esters is 2. The van der Waals surface area contributed by atoms with Gasteiger partial charge in [-0.3, -0.25) is 4.79 Å². The van der Waals surface area contributed by atoms with Crippen molar-refractivity contribution in [2.45, 2.75) is 18.6 Å². The summed E-state index contributed by atoms with van der Waals surface area (Å²) in [7, 11) is -3.34. The number of ketones is 1. The zero-order chi connectivity index (χ0) is 19.3. The average molecular weight is 368 g/mol. The Balaban J connectivity index is 3.16. The van der Waals surface area contributed by atoms with Gasteiger partial charge in [0.15, 0.2) is 15.6 Å². The summed E-state index contributed by atoms with van der Waals surface area (Å²) >= 11 is 0. The van der Waals surface area contributed by atoms with Gasteiger partial charge in [-0.15, -0.1) is 0 Å². The molecule has 1 atom stereocenters. The maximum absolute atomic E-state index is 12.7. The summed E-state index contributed by atoms with van der Waals surface area (Å²) in [6, 6.07) is 7.55. The first-order valence-electron chi connectivity index (χ1n) is 7.31. The van der Waals surface area contributed by atoms with Crippen LogP contribution in [0.4, 0.5) is 0 Å². The number of hydrogen-bond acceptors (Lipinski definition) is 7. The van der Waals surface area contributed by atoms with Crippen molar-refractivity contribution in [3.8, 4) is 0 Å². The molecule has 0 spiro atoms. The van der Waals surface area contributed by atoms with Crippen molar-refractivity contribution in [3.63, 3.8) is 0 Å². The molecule has 0 N–H and O–H groups in total. The van der Waals surface area contributed by atoms with Gasteiger partial charge in [-0.05, 0) is 13.8 Å². The molecule has 0 heterocycles. The number of hydrogen-bond donors (Lipinski definition) is 0. The molecule has 0 aliphatic carbocycles. The summed E-state index contributed by atoms with van der Waals surface area (Å²) in [5, 5.41) is 0. The highest BCUT2D eigenvalue weighted by molar-refractivity contribution is 7.94. The first-order chi connectivity index (χ1) is 11.6. The number of rotatable bonds is 8. The fourth-order valence-electron chi connectivity index (χ4n) is 1.99. The highest BCUT2D eigenvalue weighted by Gasteiger charge is 2.54. The molecule has 0 bridgehead atoms. The molecule has 0 radical (unpaired) electrons. The zero-order valence-electron chi connectivity index (χ0n) is 14.3. The van der Waals surface area contributed by atoms with Crippen LogP contribution in [0.15, 0.2) is 42.5 Å². The van der Waals surface area contributed by atoms with Crippen molar-refractivity contribution in [1.29, 1.82) is 0 Å². The fraction of sp³-hybridized carbons (Fsp3) is 0.353. The van der Waals surface area contributed by atoms with Gasteiger partial charge in [0.2, 0.25) is 4.75 Å². The van der Waals surface area contributed by atoms with Crippen LogP contribution in [-0.4, -0.2) is 50.4 Å². The van der Waals surface area contributed by atoms with E-state index < -0.39 is 44.7 Å². The number of ether oxygens (including phenoxy) is 2. The number of sulfone groups is 1. The first-order valence-corrected chi connectivity index (χ1v) is 8.96. The molecule has 0 amide bonds. The SMILES string of the molecule is C=C(C)C(=O)OCCS(=O)(=O)C(C)(C(=O)OC)C(=O)c1ccccc1. The van der Waals surface area contributed by atoms with Crippen molar-refractivity contribution < 1.29 is 32.3 Å². The van der Waals surface area contributed by atoms with Crippen molar-refractivity contribution in [2.75, 3.05) is 19.5 Å². The molecule has 0 aliphatic heterocycles. The van der Waals surface area contributed by atoms with Crippen LogP contribution in [0.5, 0.6) is 0 Å². The second kappa shape index (κ2) is 8.06. The van der Waals surface area contributed by atoms with Gasteiger partial charge >= 0.3 is 11.9 Å². The van der Waals surface area contributed by atoms with E-state index in [2.05, 4.69) is 11.3 Å². The normalized spacial score (nSPS) is 13.4. The van der Waals surface area contributed by atoms with Gasteiger partial charge in [0.1, 0.15) is 6.61 Å². The summed E-state index contributed by atoms with van der Waals surface area (Å²) in [4.78, 5) is 36.2. The Morgan fingerprint density at radius 3 is 2.20 bits per heavy atom. The number of carbonyl (C=O) groups excluding carboxylic acids is 3. The third-order valence-electron chi connectivity index (χ3n) is 3.60. The number of carbonyl (C=O) groups is 3. The van der Waals surface area contributed by atoms with E-state index in [1.54, 1.807) is 18.2 Å². The van der Waals surface area contributed by atoms with Crippen molar-refractivity contribution >= 4 is 27.6 Å². The lowest BCUT2D eigenvalue weighted by atomic mass is 9.98. The summed E-state index contributed by atoms with van der Waals surface area (Å²) < 4.78 is 32.2. The van der Waals surface area contributed by atoms with Gasteiger partial charge < -0.3 is 9.47 Å². The summed E-state index contributed by atoms with van der Waals surface area (Å²) in [5.74, 6) is -3.58. The Hall–Kier alpha value is -2.48. The molecule has 7 nitrogen and oxygen atoms in total. The van der Waals surface area contributed by atoms with Crippen LogP contribution in [-0.2, 0) is 28.9 Å². The van der Waals surface area contributed by atoms with Crippen LogP contribution in [0.2, 0.25) is 0 Å². The standard InChI is InChI=1S/C17H20O7S/c1-12(2)15(19)24-10-11-25(21,22)17(3,16(20)23-4)14(18)13-8-6-5-7-9-13/h5-9H,1,10-11H2,2-4H3. The van der Waals surface area contributed by atoms with E-state index in [4.69, 9.17) is 4.74 Å². The quantitative estimate of drug-likeness (QED) is 0.295. The van der Waals surface area contributed by atoms with Crippen molar-refractivity contribution in [3.05, 3.63) is 48.0 Å². The third kappa shape index (κ3) is 4.33. The minimum Gasteiger partial charge on any atom is -0.467 e. The summed E-state index contributed by atoms with van der Waals surface area (Å²) in [5.41, 5.74) is 0.159. The van der Waals surface area contributed by atoms with E-state index in [9.17, 15) is 22.8 Å². The number of methoxy groups -OCH3 is 1. The van der Waals surface area contributed by atoms with E-state index >= 15 is 0 Å². The first kappa shape index (κ1) is 20.6. The van der Waals surface area contributed by atoms with Gasteiger partial charge in [0.05, 0.1) is 12.9 Å². The lowest BCUT2D eigenvalue weighted by Gasteiger charge is -2.25. The highest BCUT2D eigenvalue weighted by atomic mass is 32.2. The van der Waals surface area contributed by atoms with Crippen LogP contribution in [0, 0.1) is 0 Å². The van der Waals surface area contributed by atoms with Crippen molar-refractivity contribution in [2.24, 2.45) is 0 Å². The van der Waals surface area contributed by atoms with E-state index in [0.717, 1.165) is 14.0 Å². The van der Waals surface area contributed by atoms with Gasteiger partial charge in [0, 0.05) is 11.1 Å². The molecule has 1 unspecified atom stereocenters. The molecule has 25 heavy (non-hydrogen) atoms. The Morgan fingerprint density at radius 1 is 1.16 bits per heavy atom. The third-order valence-corrected chi connectivity index (χ3v) is 5.90. The van der Waals surface area contributed by atoms with E-state index in [-0.39, 0.29) is 11.1 Å². The largest absolute Gasteiger partial charge is 0.467 e. The van der Waals surface area contributed by atoms with Crippen LogP contribution in [0.3, 0.4) is 0 Å². The molecule has 1 aromatic rings. The molecule has 1 rings (SSSR count). The van der Waals surface area contributed by atoms with Gasteiger partial charge in [-0.2, -0.15) is 0 Å². The van der Waals surface area contributed by atoms with Crippen LogP contribution in [0.1, 0.15) is 24.2 Å². The average Bonchev–Trinajstić information content (AvgIpc) is 2.59. The molecule has 8 heteroatoms. The Labute approximate surface area is 146 Å². The molecule has 0 aromatic heterocycles. The molecule has 1 aromatic carbocycles. The molecular weight excluding hydrogens is 348 g/mol. The molecule has 0 saturated heterocycles. The predicted molar refractivity (Wildman–Crippen MR) is 90.8 cm³/mol. The molecule has 0 aliphatic rings. The molecule has 0 fully saturated rings.